The molecule has 0 spiro atoms. The van der Waals surface area contributed by atoms with E-state index in [1.807, 2.05) is 0 Å². The normalized spacial score (nSPS) is 20.5. The van der Waals surface area contributed by atoms with Crippen LogP contribution in [0.3, 0.4) is 0 Å². The Morgan fingerprint density at radius 2 is 1.94 bits per heavy atom. The van der Waals surface area contributed by atoms with Crippen molar-refractivity contribution in [2.45, 2.75) is 12.2 Å². The minimum absolute atomic E-state index is 0.305. The number of nitrogens with one attached hydrogen (secondary N) is 1. The molecule has 3 nitrogen and oxygen atoms in total. The molecule has 1 aromatic heterocycles. The molecule has 2 rings (SSSR count). The smallest absolute Gasteiger partial charge is 0.353 e. The lowest BCUT2D eigenvalue weighted by Gasteiger charge is -2.36. The van der Waals surface area contributed by atoms with Gasteiger partial charge in [0.05, 0.1) is 0 Å². The van der Waals surface area contributed by atoms with Gasteiger partial charge < -0.3 is 9.88 Å². The first-order valence-electron chi connectivity index (χ1n) is 5.63. The molecule has 1 aliphatic rings. The number of nitrogens with zero attached hydrogens (tertiary/aromatic N) is 2. The van der Waals surface area contributed by atoms with E-state index in [-0.39, 0.29) is 0 Å². The van der Waals surface area contributed by atoms with Gasteiger partial charge in [-0.2, -0.15) is 13.2 Å². The highest BCUT2D eigenvalue weighted by molar-refractivity contribution is 5.14. The van der Waals surface area contributed by atoms with Crippen LogP contribution in [0.4, 0.5) is 13.2 Å². The van der Waals surface area contributed by atoms with Gasteiger partial charge in [0.15, 0.2) is 0 Å². The highest BCUT2D eigenvalue weighted by Gasteiger charge is 2.45. The summed E-state index contributed by atoms with van der Waals surface area (Å²) in [7, 11) is 1.65. The fourth-order valence-corrected chi connectivity index (χ4v) is 2.26. The van der Waals surface area contributed by atoms with Gasteiger partial charge in [-0.05, 0) is 12.1 Å². The topological polar surface area (TPSA) is 20.2 Å². The van der Waals surface area contributed by atoms with Gasteiger partial charge in [0.1, 0.15) is 6.04 Å². The van der Waals surface area contributed by atoms with E-state index in [1.165, 1.54) is 4.90 Å². The molecule has 0 bridgehead atoms. The van der Waals surface area contributed by atoms with Crippen LogP contribution in [0.5, 0.6) is 0 Å². The van der Waals surface area contributed by atoms with Gasteiger partial charge in [-0.25, -0.2) is 0 Å². The molecular weight excluding hydrogens is 231 g/mol. The fourth-order valence-electron chi connectivity index (χ4n) is 2.26. The van der Waals surface area contributed by atoms with E-state index in [0.717, 1.165) is 0 Å². The first kappa shape index (κ1) is 12.4. The maximum Gasteiger partial charge on any atom is 0.409 e. The number of halogens is 3. The predicted molar refractivity (Wildman–Crippen MR) is 58.7 cm³/mol. The first-order valence-corrected chi connectivity index (χ1v) is 5.63. The molecule has 1 N–H and O–H groups in total. The van der Waals surface area contributed by atoms with Crippen LogP contribution in [0.1, 0.15) is 11.7 Å². The van der Waals surface area contributed by atoms with Crippen molar-refractivity contribution in [1.82, 2.24) is 14.8 Å². The molecule has 2 heterocycles. The number of hydrogen-bond acceptors (Lipinski definition) is 2. The largest absolute Gasteiger partial charge is 0.409 e. The second kappa shape index (κ2) is 4.70. The summed E-state index contributed by atoms with van der Waals surface area (Å²) in [5, 5.41) is 3.07. The van der Waals surface area contributed by atoms with E-state index in [9.17, 15) is 13.2 Å². The maximum absolute atomic E-state index is 13.2. The van der Waals surface area contributed by atoms with Crippen LogP contribution in [0.25, 0.3) is 0 Å². The lowest BCUT2D eigenvalue weighted by atomic mass is 10.1. The number of piperazine rings is 1. The van der Waals surface area contributed by atoms with Crippen LogP contribution >= 0.6 is 0 Å². The molecule has 17 heavy (non-hydrogen) atoms. The first-order chi connectivity index (χ1) is 8.00. The van der Waals surface area contributed by atoms with E-state index in [1.54, 1.807) is 29.9 Å². The Kier molecular flexibility index (Phi) is 3.44. The Balaban J connectivity index is 2.28. The summed E-state index contributed by atoms with van der Waals surface area (Å²) in [6.45, 7) is 2.07. The maximum atomic E-state index is 13.2. The summed E-state index contributed by atoms with van der Waals surface area (Å²) in [5.41, 5.74) is 0.305. The van der Waals surface area contributed by atoms with E-state index >= 15 is 0 Å². The van der Waals surface area contributed by atoms with Gasteiger partial charge in [0, 0.05) is 45.1 Å². The Labute approximate surface area is 98.2 Å². The lowest BCUT2D eigenvalue weighted by Crippen LogP contribution is -2.49. The van der Waals surface area contributed by atoms with Crippen molar-refractivity contribution < 1.29 is 13.2 Å². The molecule has 0 amide bonds. The second-order valence-electron chi connectivity index (χ2n) is 4.27. The zero-order valence-corrected chi connectivity index (χ0v) is 9.67. The molecule has 0 aliphatic carbocycles. The SMILES string of the molecule is Cn1cccc1[C@H](N1CCNCC1)C(F)(F)F. The van der Waals surface area contributed by atoms with Gasteiger partial charge in [-0.1, -0.05) is 0 Å². The van der Waals surface area contributed by atoms with Gasteiger partial charge in [0.2, 0.25) is 0 Å². The summed E-state index contributed by atoms with van der Waals surface area (Å²) in [5.74, 6) is 0. The minimum Gasteiger partial charge on any atom is -0.353 e. The Morgan fingerprint density at radius 1 is 1.29 bits per heavy atom. The van der Waals surface area contributed by atoms with Crippen molar-refractivity contribution in [3.05, 3.63) is 24.0 Å². The standard InChI is InChI=1S/C11H16F3N3/c1-16-6-2-3-9(16)10(11(12,13)14)17-7-4-15-5-8-17/h2-3,6,10,15H,4-5,7-8H2,1H3/t10-/m0/s1. The van der Waals surface area contributed by atoms with Crippen LogP contribution in [0.15, 0.2) is 18.3 Å². The molecule has 1 atom stereocenters. The van der Waals surface area contributed by atoms with Crippen LogP contribution in [0.2, 0.25) is 0 Å². The highest BCUT2D eigenvalue weighted by atomic mass is 19.4. The van der Waals surface area contributed by atoms with Crippen molar-refractivity contribution in [1.29, 1.82) is 0 Å². The van der Waals surface area contributed by atoms with E-state index < -0.39 is 12.2 Å². The van der Waals surface area contributed by atoms with Crippen molar-refractivity contribution >= 4 is 0 Å². The molecule has 6 heteroatoms. The molecule has 1 fully saturated rings. The molecule has 0 aromatic carbocycles. The third kappa shape index (κ3) is 2.63. The molecule has 1 aromatic rings. The summed E-state index contributed by atoms with van der Waals surface area (Å²) in [4.78, 5) is 1.49. The van der Waals surface area contributed by atoms with Crippen molar-refractivity contribution in [3.8, 4) is 0 Å². The number of hydrogen-bond donors (Lipinski definition) is 1. The molecule has 0 unspecified atom stereocenters. The molecular formula is C11H16F3N3. The highest BCUT2D eigenvalue weighted by Crippen LogP contribution is 2.37. The van der Waals surface area contributed by atoms with Crippen LogP contribution in [-0.4, -0.2) is 41.8 Å². The predicted octanol–water partition coefficient (Wildman–Crippen LogP) is 1.53. The van der Waals surface area contributed by atoms with Crippen LogP contribution < -0.4 is 5.32 Å². The number of aryl methyl sites for hydroxylation is 1. The molecule has 1 aliphatic heterocycles. The molecule has 96 valence electrons. The number of alkyl halides is 3. The molecule has 0 saturated carbocycles. The molecule has 0 radical (unpaired) electrons. The fraction of sp³-hybridized carbons (Fsp3) is 0.636. The third-order valence-electron chi connectivity index (χ3n) is 3.09. The van der Waals surface area contributed by atoms with Gasteiger partial charge in [0.25, 0.3) is 0 Å². The quantitative estimate of drug-likeness (QED) is 0.855. The summed E-state index contributed by atoms with van der Waals surface area (Å²) in [6.07, 6.45) is -2.58. The average Bonchev–Trinajstić information content (AvgIpc) is 2.65. The number of aromatic nitrogens is 1. The monoisotopic (exact) mass is 247 g/mol. The number of rotatable bonds is 2. The third-order valence-corrected chi connectivity index (χ3v) is 3.09. The van der Waals surface area contributed by atoms with Gasteiger partial charge in [-0.15, -0.1) is 0 Å². The Bertz CT molecular complexity index is 366. The average molecular weight is 247 g/mol. The zero-order valence-electron chi connectivity index (χ0n) is 9.67. The van der Waals surface area contributed by atoms with Gasteiger partial charge in [-0.3, -0.25) is 4.90 Å². The zero-order chi connectivity index (χ0) is 12.5. The van der Waals surface area contributed by atoms with Crippen LogP contribution in [-0.2, 0) is 7.05 Å². The van der Waals surface area contributed by atoms with Crippen molar-refractivity contribution in [2.75, 3.05) is 26.2 Å². The Hall–Kier alpha value is -1.01. The minimum atomic E-state index is -4.23. The van der Waals surface area contributed by atoms with Crippen molar-refractivity contribution in [3.63, 3.8) is 0 Å². The van der Waals surface area contributed by atoms with E-state index in [0.29, 0.717) is 31.9 Å². The summed E-state index contributed by atoms with van der Waals surface area (Å²) in [6, 6.07) is 1.70. The Morgan fingerprint density at radius 3 is 2.41 bits per heavy atom. The lowest BCUT2D eigenvalue weighted by molar-refractivity contribution is -0.189. The van der Waals surface area contributed by atoms with E-state index in [2.05, 4.69) is 5.32 Å². The van der Waals surface area contributed by atoms with Crippen molar-refractivity contribution in [2.24, 2.45) is 7.05 Å². The summed E-state index contributed by atoms with van der Waals surface area (Å²) >= 11 is 0. The molecule has 1 saturated heterocycles. The van der Waals surface area contributed by atoms with Gasteiger partial charge >= 0.3 is 6.18 Å². The van der Waals surface area contributed by atoms with Crippen LogP contribution in [0, 0.1) is 0 Å². The van der Waals surface area contributed by atoms with E-state index in [4.69, 9.17) is 0 Å². The second-order valence-corrected chi connectivity index (χ2v) is 4.27. The summed E-state index contributed by atoms with van der Waals surface area (Å²) < 4.78 is 41.1.